The maximum atomic E-state index is 4.07. The van der Waals surface area contributed by atoms with Crippen LogP contribution in [0.2, 0.25) is 0 Å². The summed E-state index contributed by atoms with van der Waals surface area (Å²) in [5.74, 6) is 0.812. The lowest BCUT2D eigenvalue weighted by Gasteiger charge is -2.10. The SMILES string of the molecule is CNC(C)c1nnnn1-c1ccc2sccc2c1. The molecule has 2 aromatic heterocycles. The number of hydrogen-bond donors (Lipinski definition) is 1. The smallest absolute Gasteiger partial charge is 0.173 e. The third kappa shape index (κ3) is 1.79. The van der Waals surface area contributed by atoms with Crippen molar-refractivity contribution in [2.45, 2.75) is 13.0 Å². The molecule has 0 radical (unpaired) electrons. The van der Waals surface area contributed by atoms with Gasteiger partial charge in [-0.15, -0.1) is 16.4 Å². The van der Waals surface area contributed by atoms with Gasteiger partial charge in [0.15, 0.2) is 5.82 Å². The van der Waals surface area contributed by atoms with Gasteiger partial charge < -0.3 is 5.32 Å². The molecule has 1 atom stereocenters. The highest BCUT2D eigenvalue weighted by Gasteiger charge is 2.14. The number of nitrogens with zero attached hydrogens (tertiary/aromatic N) is 4. The summed E-state index contributed by atoms with van der Waals surface area (Å²) in [6.07, 6.45) is 0. The van der Waals surface area contributed by atoms with Crippen LogP contribution in [-0.2, 0) is 0 Å². The lowest BCUT2D eigenvalue weighted by molar-refractivity contribution is 0.589. The summed E-state index contributed by atoms with van der Waals surface area (Å²) in [6, 6.07) is 8.47. The van der Waals surface area contributed by atoms with Crippen LogP contribution in [0, 0.1) is 0 Å². The predicted octanol–water partition coefficient (Wildman–Crippen LogP) is 2.16. The van der Waals surface area contributed by atoms with E-state index >= 15 is 0 Å². The number of hydrogen-bond acceptors (Lipinski definition) is 5. The van der Waals surface area contributed by atoms with Crippen LogP contribution in [0.3, 0.4) is 0 Å². The molecule has 1 N–H and O–H groups in total. The monoisotopic (exact) mass is 259 g/mol. The van der Waals surface area contributed by atoms with Crippen LogP contribution in [-0.4, -0.2) is 27.3 Å². The van der Waals surface area contributed by atoms with E-state index in [9.17, 15) is 0 Å². The molecule has 2 heterocycles. The molecule has 1 aromatic carbocycles. The van der Waals surface area contributed by atoms with Crippen molar-refractivity contribution in [3.8, 4) is 5.69 Å². The Balaban J connectivity index is 2.11. The van der Waals surface area contributed by atoms with Crippen LogP contribution >= 0.6 is 11.3 Å². The summed E-state index contributed by atoms with van der Waals surface area (Å²) in [6.45, 7) is 2.03. The van der Waals surface area contributed by atoms with Gasteiger partial charge in [0.05, 0.1) is 11.7 Å². The van der Waals surface area contributed by atoms with Gasteiger partial charge in [-0.25, -0.2) is 0 Å². The van der Waals surface area contributed by atoms with Crippen LogP contribution in [0.4, 0.5) is 0 Å². The minimum atomic E-state index is 0.109. The fourth-order valence-electron chi connectivity index (χ4n) is 1.86. The number of thiophene rings is 1. The Kier molecular flexibility index (Phi) is 2.81. The van der Waals surface area contributed by atoms with Crippen LogP contribution in [0.15, 0.2) is 29.6 Å². The maximum absolute atomic E-state index is 4.07. The van der Waals surface area contributed by atoms with Crippen molar-refractivity contribution in [1.82, 2.24) is 25.5 Å². The maximum Gasteiger partial charge on any atom is 0.173 e. The van der Waals surface area contributed by atoms with Gasteiger partial charge in [-0.05, 0) is 59.4 Å². The first-order chi connectivity index (χ1) is 8.79. The van der Waals surface area contributed by atoms with E-state index < -0.39 is 0 Å². The van der Waals surface area contributed by atoms with Crippen molar-refractivity contribution in [1.29, 1.82) is 0 Å². The average Bonchev–Trinajstić information content (AvgIpc) is 3.05. The van der Waals surface area contributed by atoms with Crippen LogP contribution in [0.25, 0.3) is 15.8 Å². The first-order valence-corrected chi connectivity index (χ1v) is 6.61. The summed E-state index contributed by atoms with van der Waals surface area (Å²) in [5, 5.41) is 18.4. The molecule has 1 unspecified atom stereocenters. The minimum absolute atomic E-state index is 0.109. The molecule has 18 heavy (non-hydrogen) atoms. The third-order valence-electron chi connectivity index (χ3n) is 2.99. The van der Waals surface area contributed by atoms with E-state index in [1.54, 1.807) is 16.0 Å². The zero-order chi connectivity index (χ0) is 12.5. The Hall–Kier alpha value is -1.79. The zero-order valence-corrected chi connectivity index (χ0v) is 11.0. The highest BCUT2D eigenvalue weighted by molar-refractivity contribution is 7.17. The summed E-state index contributed by atoms with van der Waals surface area (Å²) in [5.41, 5.74) is 0.989. The number of aromatic nitrogens is 4. The number of fused-ring (bicyclic) bond motifs is 1. The summed E-state index contributed by atoms with van der Waals surface area (Å²) in [4.78, 5) is 0. The average molecular weight is 259 g/mol. The van der Waals surface area contributed by atoms with Gasteiger partial charge in [0, 0.05) is 4.70 Å². The van der Waals surface area contributed by atoms with Crippen molar-refractivity contribution in [3.05, 3.63) is 35.5 Å². The van der Waals surface area contributed by atoms with Crippen molar-refractivity contribution in [2.75, 3.05) is 7.05 Å². The van der Waals surface area contributed by atoms with E-state index in [1.807, 2.05) is 20.0 Å². The van der Waals surface area contributed by atoms with Gasteiger partial charge in [-0.1, -0.05) is 0 Å². The molecule has 3 rings (SSSR count). The predicted molar refractivity (Wildman–Crippen MR) is 72.0 cm³/mol. The minimum Gasteiger partial charge on any atom is -0.311 e. The first kappa shape index (κ1) is 11.3. The fourth-order valence-corrected chi connectivity index (χ4v) is 2.63. The quantitative estimate of drug-likeness (QED) is 0.783. The molecule has 0 fully saturated rings. The number of rotatable bonds is 3. The summed E-state index contributed by atoms with van der Waals surface area (Å²) < 4.78 is 3.05. The second kappa shape index (κ2) is 4.47. The van der Waals surface area contributed by atoms with Gasteiger partial charge in [-0.3, -0.25) is 0 Å². The van der Waals surface area contributed by atoms with Crippen LogP contribution < -0.4 is 5.32 Å². The summed E-state index contributed by atoms with van der Waals surface area (Å²) >= 11 is 1.74. The molecular weight excluding hydrogens is 246 g/mol. The van der Waals surface area contributed by atoms with Crippen molar-refractivity contribution < 1.29 is 0 Å². The molecule has 3 aromatic rings. The molecule has 0 aliphatic rings. The third-order valence-corrected chi connectivity index (χ3v) is 3.89. The molecule has 0 saturated heterocycles. The highest BCUT2D eigenvalue weighted by atomic mass is 32.1. The van der Waals surface area contributed by atoms with Gasteiger partial charge >= 0.3 is 0 Å². The van der Waals surface area contributed by atoms with E-state index in [2.05, 4.69) is 44.4 Å². The fraction of sp³-hybridized carbons (Fsp3) is 0.250. The number of tetrazole rings is 1. The Morgan fingerprint density at radius 3 is 3.06 bits per heavy atom. The van der Waals surface area contributed by atoms with Crippen molar-refractivity contribution in [3.63, 3.8) is 0 Å². The van der Waals surface area contributed by atoms with Gasteiger partial charge in [0.25, 0.3) is 0 Å². The Bertz CT molecular complexity index is 672. The Morgan fingerprint density at radius 1 is 1.33 bits per heavy atom. The number of nitrogens with one attached hydrogen (secondary N) is 1. The Morgan fingerprint density at radius 2 is 2.22 bits per heavy atom. The molecule has 0 aliphatic carbocycles. The number of benzene rings is 1. The van der Waals surface area contributed by atoms with E-state index in [-0.39, 0.29) is 6.04 Å². The van der Waals surface area contributed by atoms with Gasteiger partial charge in [-0.2, -0.15) is 4.68 Å². The second-order valence-corrected chi connectivity index (χ2v) is 5.05. The molecule has 0 bridgehead atoms. The van der Waals surface area contributed by atoms with Crippen molar-refractivity contribution >= 4 is 21.4 Å². The van der Waals surface area contributed by atoms with E-state index in [0.29, 0.717) is 0 Å². The lowest BCUT2D eigenvalue weighted by Crippen LogP contribution is -2.17. The molecule has 0 saturated carbocycles. The van der Waals surface area contributed by atoms with Crippen LogP contribution in [0.1, 0.15) is 18.8 Å². The van der Waals surface area contributed by atoms with Gasteiger partial charge in [0.2, 0.25) is 0 Å². The molecule has 6 heteroatoms. The van der Waals surface area contributed by atoms with Crippen molar-refractivity contribution in [2.24, 2.45) is 0 Å². The first-order valence-electron chi connectivity index (χ1n) is 5.73. The summed E-state index contributed by atoms with van der Waals surface area (Å²) in [7, 11) is 1.89. The lowest BCUT2D eigenvalue weighted by atomic mass is 10.2. The molecule has 5 nitrogen and oxygen atoms in total. The van der Waals surface area contributed by atoms with E-state index in [1.165, 1.54) is 10.1 Å². The second-order valence-electron chi connectivity index (χ2n) is 4.10. The van der Waals surface area contributed by atoms with Gasteiger partial charge in [0.1, 0.15) is 0 Å². The standard InChI is InChI=1S/C12H13N5S/c1-8(13-2)12-14-15-16-17(12)10-3-4-11-9(7-10)5-6-18-11/h3-8,13H,1-2H3. The van der Waals surface area contributed by atoms with E-state index in [0.717, 1.165) is 11.5 Å². The molecule has 0 amide bonds. The molecule has 92 valence electrons. The molecule has 0 spiro atoms. The topological polar surface area (TPSA) is 55.6 Å². The highest BCUT2D eigenvalue weighted by Crippen LogP contribution is 2.24. The van der Waals surface area contributed by atoms with Crippen LogP contribution in [0.5, 0.6) is 0 Å². The molecular formula is C12H13N5S. The Labute approximate surface area is 108 Å². The largest absolute Gasteiger partial charge is 0.311 e. The zero-order valence-electron chi connectivity index (χ0n) is 10.2. The van der Waals surface area contributed by atoms with E-state index in [4.69, 9.17) is 0 Å². The normalized spacial score (nSPS) is 13.0. The molecule has 0 aliphatic heterocycles.